The van der Waals surface area contributed by atoms with Crippen LogP contribution in [0.1, 0.15) is 13.3 Å². The maximum atomic E-state index is 11.4. The van der Waals surface area contributed by atoms with Crippen molar-refractivity contribution in [3.8, 4) is 0 Å². The Morgan fingerprint density at radius 1 is 1.46 bits per heavy atom. The van der Waals surface area contributed by atoms with Crippen LogP contribution < -0.4 is 0 Å². The number of nitrogens with zero attached hydrogens (tertiary/aromatic N) is 2. The summed E-state index contributed by atoms with van der Waals surface area (Å²) in [6.45, 7) is 3.71. The Kier molecular flexibility index (Phi) is 3.11. The molecule has 0 spiro atoms. The van der Waals surface area contributed by atoms with Gasteiger partial charge in [0, 0.05) is 19.6 Å². The Balaban J connectivity index is 2.45. The Labute approximate surface area is 76.9 Å². The zero-order chi connectivity index (χ0) is 9.84. The molecule has 1 aliphatic heterocycles. The second-order valence-corrected chi connectivity index (χ2v) is 3.08. The molecule has 1 aliphatic rings. The summed E-state index contributed by atoms with van der Waals surface area (Å²) in [7, 11) is 0. The largest absolute Gasteiger partial charge is 0.480 e. The van der Waals surface area contributed by atoms with Crippen LogP contribution in [0.15, 0.2) is 0 Å². The minimum atomic E-state index is -0.952. The van der Waals surface area contributed by atoms with Gasteiger partial charge in [-0.15, -0.1) is 0 Å². The van der Waals surface area contributed by atoms with E-state index < -0.39 is 5.97 Å². The van der Waals surface area contributed by atoms with E-state index in [4.69, 9.17) is 5.11 Å². The molecule has 5 heteroatoms. The van der Waals surface area contributed by atoms with Crippen LogP contribution in [0.5, 0.6) is 0 Å². The molecule has 1 heterocycles. The van der Waals surface area contributed by atoms with Gasteiger partial charge in [0.05, 0.1) is 0 Å². The first-order valence-electron chi connectivity index (χ1n) is 4.40. The normalized spacial score (nSPS) is 16.8. The number of carboxylic acid groups (broad SMARTS) is 1. The molecule has 74 valence electrons. The zero-order valence-electron chi connectivity index (χ0n) is 7.69. The van der Waals surface area contributed by atoms with E-state index in [1.54, 1.807) is 4.90 Å². The Bertz CT molecular complexity index is 217. The van der Waals surface area contributed by atoms with Gasteiger partial charge in [0.25, 0.3) is 0 Å². The Hall–Kier alpha value is -1.26. The summed E-state index contributed by atoms with van der Waals surface area (Å²) in [6, 6.07) is -0.149. The van der Waals surface area contributed by atoms with Crippen LogP contribution in [0.2, 0.25) is 0 Å². The van der Waals surface area contributed by atoms with Crippen LogP contribution in [0.3, 0.4) is 0 Å². The fourth-order valence-corrected chi connectivity index (χ4v) is 1.42. The van der Waals surface area contributed by atoms with E-state index in [2.05, 4.69) is 0 Å². The molecule has 1 rings (SSSR count). The monoisotopic (exact) mass is 186 g/mol. The number of hydrogen-bond donors (Lipinski definition) is 1. The average Bonchev–Trinajstić information content (AvgIpc) is 2.36. The van der Waals surface area contributed by atoms with Crippen molar-refractivity contribution >= 4 is 12.0 Å². The number of carbonyl (C=O) groups is 2. The van der Waals surface area contributed by atoms with Crippen molar-refractivity contribution in [1.29, 1.82) is 0 Å². The number of carbonyl (C=O) groups excluding carboxylic acids is 1. The molecule has 1 saturated heterocycles. The van der Waals surface area contributed by atoms with Gasteiger partial charge in [0.2, 0.25) is 0 Å². The molecule has 0 unspecified atom stereocenters. The minimum absolute atomic E-state index is 0.149. The van der Waals surface area contributed by atoms with Gasteiger partial charge in [-0.3, -0.25) is 4.79 Å². The average molecular weight is 186 g/mol. The first kappa shape index (κ1) is 9.83. The van der Waals surface area contributed by atoms with Gasteiger partial charge in [0.15, 0.2) is 0 Å². The molecule has 2 amide bonds. The van der Waals surface area contributed by atoms with E-state index in [1.165, 1.54) is 4.90 Å². The van der Waals surface area contributed by atoms with E-state index in [1.807, 2.05) is 6.92 Å². The van der Waals surface area contributed by atoms with E-state index >= 15 is 0 Å². The predicted molar refractivity (Wildman–Crippen MR) is 46.5 cm³/mol. The first-order chi connectivity index (χ1) is 6.15. The Morgan fingerprint density at radius 3 is 2.62 bits per heavy atom. The van der Waals surface area contributed by atoms with Gasteiger partial charge >= 0.3 is 12.0 Å². The summed E-state index contributed by atoms with van der Waals surface area (Å²) in [5, 5.41) is 8.50. The lowest BCUT2D eigenvalue weighted by molar-refractivity contribution is -0.137. The van der Waals surface area contributed by atoms with E-state index in [9.17, 15) is 9.59 Å². The summed E-state index contributed by atoms with van der Waals surface area (Å²) in [5.74, 6) is -0.952. The van der Waals surface area contributed by atoms with Crippen LogP contribution >= 0.6 is 0 Å². The maximum Gasteiger partial charge on any atom is 0.323 e. The van der Waals surface area contributed by atoms with Crippen molar-refractivity contribution in [1.82, 2.24) is 9.80 Å². The van der Waals surface area contributed by atoms with E-state index in [-0.39, 0.29) is 12.6 Å². The zero-order valence-corrected chi connectivity index (χ0v) is 7.69. The van der Waals surface area contributed by atoms with Crippen LogP contribution in [-0.4, -0.2) is 53.1 Å². The molecule has 1 N–H and O–H groups in total. The fraction of sp³-hybridized carbons (Fsp3) is 0.750. The summed E-state index contributed by atoms with van der Waals surface area (Å²) in [5.41, 5.74) is 0. The summed E-state index contributed by atoms with van der Waals surface area (Å²) < 4.78 is 0. The molecule has 5 nitrogen and oxygen atoms in total. The molecule has 0 bridgehead atoms. The number of hydrogen-bond acceptors (Lipinski definition) is 2. The lowest BCUT2D eigenvalue weighted by atomic mass is 10.4. The van der Waals surface area contributed by atoms with Crippen molar-refractivity contribution in [3.05, 3.63) is 0 Å². The molecular weight excluding hydrogens is 172 g/mol. The van der Waals surface area contributed by atoms with Gasteiger partial charge in [-0.2, -0.15) is 0 Å². The topological polar surface area (TPSA) is 60.9 Å². The van der Waals surface area contributed by atoms with Crippen molar-refractivity contribution < 1.29 is 14.7 Å². The fourth-order valence-electron chi connectivity index (χ4n) is 1.42. The number of aliphatic carboxylic acids is 1. The third-order valence-electron chi connectivity index (χ3n) is 2.00. The first-order valence-corrected chi connectivity index (χ1v) is 4.40. The summed E-state index contributed by atoms with van der Waals surface area (Å²) in [4.78, 5) is 24.8. The van der Waals surface area contributed by atoms with Crippen LogP contribution in [0, 0.1) is 0 Å². The number of carboxylic acids is 1. The van der Waals surface area contributed by atoms with Crippen molar-refractivity contribution in [3.63, 3.8) is 0 Å². The second kappa shape index (κ2) is 4.11. The van der Waals surface area contributed by atoms with Crippen LogP contribution in [-0.2, 0) is 4.79 Å². The molecule has 0 aromatic heterocycles. The predicted octanol–water partition coefficient (Wildman–Crippen LogP) is 0.219. The molecule has 0 radical (unpaired) electrons. The van der Waals surface area contributed by atoms with Gasteiger partial charge in [-0.25, -0.2) is 4.79 Å². The highest BCUT2D eigenvalue weighted by molar-refractivity contribution is 5.81. The van der Waals surface area contributed by atoms with Crippen molar-refractivity contribution in [2.45, 2.75) is 13.3 Å². The molecule has 1 fully saturated rings. The summed E-state index contributed by atoms with van der Waals surface area (Å²) >= 11 is 0. The molecule has 0 aromatic rings. The van der Waals surface area contributed by atoms with Crippen molar-refractivity contribution in [2.24, 2.45) is 0 Å². The van der Waals surface area contributed by atoms with Crippen LogP contribution in [0.4, 0.5) is 4.79 Å². The SMILES string of the molecule is CCCN1CCN(CC(=O)O)C1=O. The smallest absolute Gasteiger partial charge is 0.323 e. The molecule has 0 saturated carbocycles. The lowest BCUT2D eigenvalue weighted by Gasteiger charge is -2.15. The van der Waals surface area contributed by atoms with Gasteiger partial charge in [-0.05, 0) is 6.42 Å². The maximum absolute atomic E-state index is 11.4. The highest BCUT2D eigenvalue weighted by atomic mass is 16.4. The number of amides is 2. The van der Waals surface area contributed by atoms with E-state index in [0.717, 1.165) is 13.0 Å². The minimum Gasteiger partial charge on any atom is -0.480 e. The highest BCUT2D eigenvalue weighted by Crippen LogP contribution is 2.08. The number of urea groups is 1. The van der Waals surface area contributed by atoms with Crippen LogP contribution in [0.25, 0.3) is 0 Å². The standard InChI is InChI=1S/C8H14N2O3/c1-2-3-9-4-5-10(8(9)13)6-7(11)12/h2-6H2,1H3,(H,11,12). The molecule has 13 heavy (non-hydrogen) atoms. The second-order valence-electron chi connectivity index (χ2n) is 3.08. The third-order valence-corrected chi connectivity index (χ3v) is 2.00. The molecule has 0 atom stereocenters. The van der Waals surface area contributed by atoms with Gasteiger partial charge in [-0.1, -0.05) is 6.92 Å². The Morgan fingerprint density at radius 2 is 2.08 bits per heavy atom. The molecule has 0 aliphatic carbocycles. The lowest BCUT2D eigenvalue weighted by Crippen LogP contribution is -2.35. The highest BCUT2D eigenvalue weighted by Gasteiger charge is 2.28. The quantitative estimate of drug-likeness (QED) is 0.683. The van der Waals surface area contributed by atoms with Gasteiger partial charge in [0.1, 0.15) is 6.54 Å². The summed E-state index contributed by atoms with van der Waals surface area (Å²) in [6.07, 6.45) is 0.909. The number of rotatable bonds is 4. The third kappa shape index (κ3) is 2.34. The van der Waals surface area contributed by atoms with E-state index in [0.29, 0.717) is 13.1 Å². The van der Waals surface area contributed by atoms with Crippen molar-refractivity contribution in [2.75, 3.05) is 26.2 Å². The molecular formula is C8H14N2O3. The van der Waals surface area contributed by atoms with Gasteiger partial charge < -0.3 is 14.9 Å². The molecule has 0 aromatic carbocycles.